The molecule has 1 aliphatic heterocycles. The number of ketones is 1. The maximum Gasteiger partial charge on any atom is 0.322 e. The van der Waals surface area contributed by atoms with E-state index in [4.69, 9.17) is 5.73 Å². The summed E-state index contributed by atoms with van der Waals surface area (Å²) < 4.78 is 0. The fourth-order valence-electron chi connectivity index (χ4n) is 3.48. The molecule has 1 aliphatic rings. The van der Waals surface area contributed by atoms with Gasteiger partial charge in [0.2, 0.25) is 0 Å². The number of nitrogens with zero attached hydrogens (tertiary/aromatic N) is 2. The number of nitrogens with one attached hydrogen (secondary N) is 1. The molecule has 0 atom stereocenters. The minimum atomic E-state index is -0.196. The van der Waals surface area contributed by atoms with Gasteiger partial charge in [-0.25, -0.2) is 4.79 Å². The van der Waals surface area contributed by atoms with E-state index >= 15 is 0 Å². The van der Waals surface area contributed by atoms with Crippen LogP contribution in [0.3, 0.4) is 0 Å². The van der Waals surface area contributed by atoms with E-state index < -0.39 is 0 Å². The van der Waals surface area contributed by atoms with Crippen LogP contribution >= 0.6 is 0 Å². The van der Waals surface area contributed by atoms with E-state index in [0.717, 1.165) is 12.0 Å². The fourth-order valence-corrected chi connectivity index (χ4v) is 3.48. The monoisotopic (exact) mass is 386 g/mol. The standard InChI is InChI=1S/C23H22N4O2/c24-20-13-17(22(28)14-19-7-3-4-11-25-19)8-9-21(20)26-23(29)27-12-10-16-5-1-2-6-18(16)15-27/h1-9,11,13H,10,12,14-15,24H2,(H,26,29). The normalized spacial score (nSPS) is 12.9. The van der Waals surface area contributed by atoms with Crippen molar-refractivity contribution in [1.82, 2.24) is 9.88 Å². The highest BCUT2D eigenvalue weighted by atomic mass is 16.2. The molecule has 0 bridgehead atoms. The third-order valence-electron chi connectivity index (χ3n) is 5.10. The van der Waals surface area contributed by atoms with Crippen molar-refractivity contribution >= 4 is 23.2 Å². The van der Waals surface area contributed by atoms with Crippen LogP contribution in [0.5, 0.6) is 0 Å². The zero-order chi connectivity index (χ0) is 20.2. The van der Waals surface area contributed by atoms with Crippen LogP contribution in [-0.4, -0.2) is 28.2 Å². The summed E-state index contributed by atoms with van der Waals surface area (Å²) in [6, 6.07) is 18.4. The topological polar surface area (TPSA) is 88.3 Å². The van der Waals surface area contributed by atoms with Crippen molar-refractivity contribution in [2.24, 2.45) is 0 Å². The molecule has 2 aromatic carbocycles. The van der Waals surface area contributed by atoms with Gasteiger partial charge in [0.05, 0.1) is 17.8 Å². The molecule has 6 heteroatoms. The van der Waals surface area contributed by atoms with E-state index in [-0.39, 0.29) is 18.2 Å². The number of urea groups is 1. The fraction of sp³-hybridized carbons (Fsp3) is 0.174. The molecule has 29 heavy (non-hydrogen) atoms. The average Bonchev–Trinajstić information content (AvgIpc) is 2.75. The Hall–Kier alpha value is -3.67. The molecule has 3 aromatic rings. The minimum absolute atomic E-state index is 0.0686. The average molecular weight is 386 g/mol. The van der Waals surface area contributed by atoms with Gasteiger partial charge in [0, 0.05) is 30.5 Å². The van der Waals surface area contributed by atoms with Gasteiger partial charge in [-0.1, -0.05) is 30.3 Å². The van der Waals surface area contributed by atoms with Gasteiger partial charge in [0.1, 0.15) is 0 Å². The highest BCUT2D eigenvalue weighted by Gasteiger charge is 2.21. The number of Topliss-reactive ketones (excluding diaryl/α,β-unsaturated/α-hetero) is 1. The molecular weight excluding hydrogens is 364 g/mol. The predicted octanol–water partition coefficient (Wildman–Crippen LogP) is 3.68. The maximum absolute atomic E-state index is 12.7. The van der Waals surface area contributed by atoms with Crippen molar-refractivity contribution in [2.45, 2.75) is 19.4 Å². The zero-order valence-corrected chi connectivity index (χ0v) is 16.0. The highest BCUT2D eigenvalue weighted by molar-refractivity contribution is 6.00. The third kappa shape index (κ3) is 4.27. The summed E-state index contributed by atoms with van der Waals surface area (Å²) in [5.74, 6) is -0.0686. The van der Waals surface area contributed by atoms with Crippen molar-refractivity contribution in [3.63, 3.8) is 0 Å². The van der Waals surface area contributed by atoms with Gasteiger partial charge >= 0.3 is 6.03 Å². The van der Waals surface area contributed by atoms with Crippen LogP contribution in [0, 0.1) is 0 Å². The molecule has 0 spiro atoms. The number of nitrogen functional groups attached to an aromatic ring is 1. The molecule has 146 valence electrons. The molecule has 1 aromatic heterocycles. The number of anilines is 2. The Labute approximate surface area is 169 Å². The Kier molecular flexibility index (Phi) is 5.24. The van der Waals surface area contributed by atoms with Crippen LogP contribution in [-0.2, 0) is 19.4 Å². The summed E-state index contributed by atoms with van der Waals surface area (Å²) >= 11 is 0. The molecule has 0 saturated heterocycles. The van der Waals surface area contributed by atoms with Crippen molar-refractivity contribution in [3.8, 4) is 0 Å². The number of fused-ring (bicyclic) bond motifs is 1. The van der Waals surface area contributed by atoms with Gasteiger partial charge in [-0.2, -0.15) is 0 Å². The third-order valence-corrected chi connectivity index (χ3v) is 5.10. The van der Waals surface area contributed by atoms with Crippen LogP contribution in [0.15, 0.2) is 66.9 Å². The van der Waals surface area contributed by atoms with E-state index in [1.807, 2.05) is 36.4 Å². The van der Waals surface area contributed by atoms with Gasteiger partial charge in [0.15, 0.2) is 5.78 Å². The first kappa shape index (κ1) is 18.7. The van der Waals surface area contributed by atoms with Gasteiger partial charge in [0.25, 0.3) is 0 Å². The first-order valence-corrected chi connectivity index (χ1v) is 9.55. The molecule has 4 rings (SSSR count). The lowest BCUT2D eigenvalue weighted by Gasteiger charge is -2.29. The lowest BCUT2D eigenvalue weighted by Crippen LogP contribution is -2.39. The first-order chi connectivity index (χ1) is 14.1. The van der Waals surface area contributed by atoms with E-state index in [1.165, 1.54) is 5.56 Å². The molecule has 0 radical (unpaired) electrons. The first-order valence-electron chi connectivity index (χ1n) is 9.55. The van der Waals surface area contributed by atoms with Crippen molar-refractivity contribution in [3.05, 3.63) is 89.2 Å². The number of benzene rings is 2. The minimum Gasteiger partial charge on any atom is -0.397 e. The summed E-state index contributed by atoms with van der Waals surface area (Å²) in [5, 5.41) is 2.86. The smallest absolute Gasteiger partial charge is 0.322 e. The Morgan fingerprint density at radius 1 is 1.03 bits per heavy atom. The largest absolute Gasteiger partial charge is 0.397 e. The molecule has 3 N–H and O–H groups in total. The number of nitrogens with two attached hydrogens (primary N) is 1. The molecule has 0 fully saturated rings. The summed E-state index contributed by atoms with van der Waals surface area (Å²) in [5.41, 5.74) is 10.6. The van der Waals surface area contributed by atoms with E-state index in [9.17, 15) is 9.59 Å². The van der Waals surface area contributed by atoms with Crippen LogP contribution in [0.2, 0.25) is 0 Å². The second-order valence-electron chi connectivity index (χ2n) is 7.09. The second-order valence-corrected chi connectivity index (χ2v) is 7.09. The Morgan fingerprint density at radius 2 is 1.83 bits per heavy atom. The summed E-state index contributed by atoms with van der Waals surface area (Å²) in [4.78, 5) is 31.1. The number of pyridine rings is 1. The number of rotatable bonds is 4. The number of hydrogen-bond acceptors (Lipinski definition) is 4. The van der Waals surface area contributed by atoms with Gasteiger partial charge in [-0.15, -0.1) is 0 Å². The molecule has 0 aliphatic carbocycles. The molecule has 0 saturated carbocycles. The zero-order valence-electron chi connectivity index (χ0n) is 16.0. The Balaban J connectivity index is 1.42. The number of amides is 2. The van der Waals surface area contributed by atoms with Crippen molar-refractivity contribution in [1.29, 1.82) is 0 Å². The molecule has 2 heterocycles. The quantitative estimate of drug-likeness (QED) is 0.529. The van der Waals surface area contributed by atoms with Crippen molar-refractivity contribution < 1.29 is 9.59 Å². The number of hydrogen-bond donors (Lipinski definition) is 2. The Morgan fingerprint density at radius 3 is 2.59 bits per heavy atom. The molecule has 6 nitrogen and oxygen atoms in total. The van der Waals surface area contributed by atoms with Crippen LogP contribution in [0.1, 0.15) is 27.2 Å². The number of carbonyl (C=O) groups excluding carboxylic acids is 2. The van der Waals surface area contributed by atoms with Gasteiger partial charge < -0.3 is 16.0 Å². The second kappa shape index (κ2) is 8.14. The van der Waals surface area contributed by atoms with Crippen LogP contribution < -0.4 is 11.1 Å². The number of carbonyl (C=O) groups is 2. The van der Waals surface area contributed by atoms with E-state index in [2.05, 4.69) is 16.4 Å². The summed E-state index contributed by atoms with van der Waals surface area (Å²) in [7, 11) is 0. The van der Waals surface area contributed by atoms with Crippen LogP contribution in [0.25, 0.3) is 0 Å². The Bertz CT molecular complexity index is 1050. The molecule has 0 unspecified atom stereocenters. The summed E-state index contributed by atoms with van der Waals surface area (Å²) in [6.45, 7) is 1.23. The van der Waals surface area contributed by atoms with Gasteiger partial charge in [-0.05, 0) is 47.9 Å². The van der Waals surface area contributed by atoms with Crippen LogP contribution in [0.4, 0.5) is 16.2 Å². The number of aromatic nitrogens is 1. The lowest BCUT2D eigenvalue weighted by molar-refractivity contribution is 0.0992. The highest BCUT2D eigenvalue weighted by Crippen LogP contribution is 2.23. The summed E-state index contributed by atoms with van der Waals surface area (Å²) in [6.07, 6.45) is 2.70. The molecular formula is C23H22N4O2. The van der Waals surface area contributed by atoms with E-state index in [1.54, 1.807) is 29.3 Å². The maximum atomic E-state index is 12.7. The van der Waals surface area contributed by atoms with E-state index in [0.29, 0.717) is 35.7 Å². The molecule has 2 amide bonds. The lowest BCUT2D eigenvalue weighted by atomic mass is 10.0. The predicted molar refractivity (Wildman–Crippen MR) is 113 cm³/mol. The SMILES string of the molecule is Nc1cc(C(=O)Cc2ccccn2)ccc1NC(=O)N1CCc2ccccc2C1. The van der Waals surface area contributed by atoms with Gasteiger partial charge in [-0.3, -0.25) is 9.78 Å². The van der Waals surface area contributed by atoms with Crippen molar-refractivity contribution in [2.75, 3.05) is 17.6 Å².